The van der Waals surface area contributed by atoms with E-state index in [0.717, 1.165) is 30.2 Å². The molecule has 0 saturated carbocycles. The van der Waals surface area contributed by atoms with Gasteiger partial charge in [0.25, 0.3) is 0 Å². The molecule has 4 heteroatoms. The molecule has 2 nitrogen and oxygen atoms in total. The first-order chi connectivity index (χ1) is 9.66. The third kappa shape index (κ3) is 15.3. The predicted octanol–water partition coefficient (Wildman–Crippen LogP) is 5.55. The Morgan fingerprint density at radius 2 is 1.95 bits per heavy atom. The molecule has 0 aromatic heterocycles. The van der Waals surface area contributed by atoms with Crippen molar-refractivity contribution < 1.29 is 9.90 Å². The van der Waals surface area contributed by atoms with Gasteiger partial charge < -0.3 is 5.11 Å². The van der Waals surface area contributed by atoms with Crippen LogP contribution in [0.2, 0.25) is 0 Å². The molecule has 0 unspecified atom stereocenters. The summed E-state index contributed by atoms with van der Waals surface area (Å²) in [5.74, 6) is 5.12. The van der Waals surface area contributed by atoms with Crippen molar-refractivity contribution in [2.75, 3.05) is 0 Å². The van der Waals surface area contributed by atoms with E-state index >= 15 is 0 Å². The van der Waals surface area contributed by atoms with Crippen LogP contribution in [0.15, 0.2) is 33.8 Å². The quantitative estimate of drug-likeness (QED) is 0.311. The highest BCUT2D eigenvalue weighted by Crippen LogP contribution is 2.11. The van der Waals surface area contributed by atoms with Crippen molar-refractivity contribution in [3.05, 3.63) is 33.8 Å². The molecule has 0 radical (unpaired) electrons. The Morgan fingerprint density at radius 1 is 1.20 bits per heavy atom. The molecule has 0 heterocycles. The Hall–Kier alpha value is -0.790. The molecule has 1 N–H and O–H groups in total. The number of hydrogen-bond donors (Lipinski definition) is 1. The minimum atomic E-state index is -0.755. The third-order valence-electron chi connectivity index (χ3n) is 2.38. The number of carbonyl (C=O) groups is 1. The Bertz CT molecular complexity index is 412. The maximum absolute atomic E-state index is 10.3. The van der Waals surface area contributed by atoms with Gasteiger partial charge in [-0.2, -0.15) is 0 Å². The molecule has 0 fully saturated rings. The van der Waals surface area contributed by atoms with Gasteiger partial charge in [-0.15, -0.1) is 0 Å². The van der Waals surface area contributed by atoms with Crippen LogP contribution in [0.25, 0.3) is 0 Å². The zero-order valence-corrected chi connectivity index (χ0v) is 14.6. The average Bonchev–Trinajstić information content (AvgIpc) is 2.40. The molecule has 0 rings (SSSR count). The van der Waals surface area contributed by atoms with Crippen LogP contribution in [0.3, 0.4) is 0 Å². The van der Waals surface area contributed by atoms with E-state index in [1.54, 1.807) is 0 Å². The second kappa shape index (κ2) is 14.6. The molecule has 110 valence electrons. The van der Waals surface area contributed by atoms with Crippen LogP contribution in [0.1, 0.15) is 44.9 Å². The van der Waals surface area contributed by atoms with Gasteiger partial charge in [0.05, 0.1) is 0 Å². The van der Waals surface area contributed by atoms with Gasteiger partial charge in [-0.3, -0.25) is 4.79 Å². The van der Waals surface area contributed by atoms with Gasteiger partial charge in [-0.1, -0.05) is 55.9 Å². The molecule has 0 saturated heterocycles. The molecule has 0 amide bonds. The maximum atomic E-state index is 10.3. The molecule has 0 bridgehead atoms. The van der Waals surface area contributed by atoms with Gasteiger partial charge in [0.1, 0.15) is 0 Å². The van der Waals surface area contributed by atoms with Crippen molar-refractivity contribution in [1.29, 1.82) is 0 Å². The molecule has 0 aliphatic carbocycles. The van der Waals surface area contributed by atoms with Crippen molar-refractivity contribution in [2.24, 2.45) is 0 Å². The van der Waals surface area contributed by atoms with Crippen LogP contribution in [0.5, 0.6) is 0 Å². The lowest BCUT2D eigenvalue weighted by molar-refractivity contribution is -0.137. The van der Waals surface area contributed by atoms with Crippen LogP contribution >= 0.6 is 31.9 Å². The van der Waals surface area contributed by atoms with Gasteiger partial charge in [-0.25, -0.2) is 0 Å². The van der Waals surface area contributed by atoms with Crippen molar-refractivity contribution in [3.63, 3.8) is 0 Å². The first-order valence-corrected chi connectivity index (χ1v) is 8.35. The topological polar surface area (TPSA) is 37.3 Å². The van der Waals surface area contributed by atoms with Gasteiger partial charge in [-0.05, 0) is 49.2 Å². The summed E-state index contributed by atoms with van der Waals surface area (Å²) >= 11 is 6.67. The van der Waals surface area contributed by atoms with Crippen molar-refractivity contribution in [1.82, 2.24) is 0 Å². The predicted molar refractivity (Wildman–Crippen MR) is 91.9 cm³/mol. The smallest absolute Gasteiger partial charge is 0.303 e. The normalized spacial score (nSPS) is 11.8. The monoisotopic (exact) mass is 402 g/mol. The van der Waals surface area contributed by atoms with Crippen LogP contribution < -0.4 is 0 Å². The van der Waals surface area contributed by atoms with Crippen molar-refractivity contribution >= 4 is 37.8 Å². The number of hydrogen-bond acceptors (Lipinski definition) is 1. The highest BCUT2D eigenvalue weighted by molar-refractivity contribution is 9.12. The molecule has 20 heavy (non-hydrogen) atoms. The summed E-state index contributed by atoms with van der Waals surface area (Å²) in [5, 5.41) is 8.45. The van der Waals surface area contributed by atoms with Crippen molar-refractivity contribution in [3.8, 4) is 11.8 Å². The number of aliphatic carboxylic acids is 1. The van der Waals surface area contributed by atoms with E-state index < -0.39 is 5.97 Å². The Morgan fingerprint density at radius 3 is 2.65 bits per heavy atom. The number of rotatable bonds is 9. The second-order valence-electron chi connectivity index (χ2n) is 4.14. The van der Waals surface area contributed by atoms with Crippen LogP contribution in [-0.2, 0) is 4.79 Å². The molecule has 0 spiro atoms. The van der Waals surface area contributed by atoms with Gasteiger partial charge in [0.15, 0.2) is 0 Å². The summed E-state index contributed by atoms with van der Waals surface area (Å²) in [6.45, 7) is 0. The molecule has 0 atom stereocenters. The van der Waals surface area contributed by atoms with E-state index in [4.69, 9.17) is 5.11 Å². The van der Waals surface area contributed by atoms with E-state index in [1.807, 2.05) is 17.1 Å². The largest absolute Gasteiger partial charge is 0.481 e. The van der Waals surface area contributed by atoms with Gasteiger partial charge >= 0.3 is 5.97 Å². The number of carboxylic acid groups (broad SMARTS) is 1. The minimum Gasteiger partial charge on any atom is -0.481 e. The van der Waals surface area contributed by atoms with E-state index in [1.165, 1.54) is 0 Å². The van der Waals surface area contributed by atoms with E-state index in [-0.39, 0.29) is 6.42 Å². The van der Waals surface area contributed by atoms with Gasteiger partial charge in [0, 0.05) is 17.3 Å². The Kier molecular flexibility index (Phi) is 14.0. The van der Waals surface area contributed by atoms with Crippen molar-refractivity contribution in [2.45, 2.75) is 44.9 Å². The summed E-state index contributed by atoms with van der Waals surface area (Å²) in [4.78, 5) is 12.1. The van der Waals surface area contributed by atoms with E-state index in [9.17, 15) is 4.79 Å². The average molecular weight is 404 g/mol. The fourth-order valence-electron chi connectivity index (χ4n) is 1.38. The summed E-state index contributed by atoms with van der Waals surface area (Å²) in [7, 11) is 0. The van der Waals surface area contributed by atoms with Crippen LogP contribution in [0.4, 0.5) is 0 Å². The second-order valence-corrected chi connectivity index (χ2v) is 5.58. The number of carboxylic acids is 1. The zero-order chi connectivity index (χ0) is 15.1. The Labute approximate surface area is 138 Å². The van der Waals surface area contributed by atoms with E-state index in [2.05, 4.69) is 55.9 Å². The summed E-state index contributed by atoms with van der Waals surface area (Å²) in [6.07, 6.45) is 13.9. The molecule has 0 aliphatic rings. The third-order valence-corrected chi connectivity index (χ3v) is 3.23. The standard InChI is InChI=1S/C16H20Br2O2/c17-14-13-15(18)11-9-7-5-3-1-2-4-6-8-10-12-16(19)20/h1-2,11,13-14H,3,5,7-10,12H2,(H,19,20)/b2-1+,14-13-,15-11?. The van der Waals surface area contributed by atoms with Crippen LogP contribution in [0, 0.1) is 11.8 Å². The maximum Gasteiger partial charge on any atom is 0.303 e. The number of halogens is 2. The first-order valence-electron chi connectivity index (χ1n) is 6.64. The van der Waals surface area contributed by atoms with E-state index in [0.29, 0.717) is 12.8 Å². The van der Waals surface area contributed by atoms with Gasteiger partial charge in [0.2, 0.25) is 0 Å². The highest BCUT2D eigenvalue weighted by atomic mass is 79.9. The highest BCUT2D eigenvalue weighted by Gasteiger charge is 1.92. The lowest BCUT2D eigenvalue weighted by Gasteiger charge is -1.93. The molecule has 0 aromatic rings. The Balaban J connectivity index is 3.51. The zero-order valence-electron chi connectivity index (χ0n) is 11.4. The fraction of sp³-hybridized carbons (Fsp3) is 0.438. The van der Waals surface area contributed by atoms with Crippen LogP contribution in [-0.4, -0.2) is 11.1 Å². The fourth-order valence-corrected chi connectivity index (χ4v) is 2.38. The lowest BCUT2D eigenvalue weighted by atomic mass is 10.2. The lowest BCUT2D eigenvalue weighted by Crippen LogP contribution is -1.92. The summed E-state index contributed by atoms with van der Waals surface area (Å²) in [6, 6.07) is 0. The molecular formula is C16H20Br2O2. The minimum absolute atomic E-state index is 0.200. The summed E-state index contributed by atoms with van der Waals surface area (Å²) < 4.78 is 1.09. The SMILES string of the molecule is O=C(O)CCCC#C/C=C/CCCCC=C(Br)/C=C\Br. The summed E-state index contributed by atoms with van der Waals surface area (Å²) in [5.41, 5.74) is 0. The number of unbranched alkanes of at least 4 members (excludes halogenated alkanes) is 4. The molecule has 0 aliphatic heterocycles. The first kappa shape index (κ1) is 19.2. The molecule has 0 aromatic carbocycles. The number of allylic oxidation sites excluding steroid dienone is 5. The molecular weight excluding hydrogens is 384 g/mol.